The maximum absolute atomic E-state index is 5.90. The molecule has 25 heavy (non-hydrogen) atoms. The number of likely N-dealkylation sites (N-methyl/N-ethyl adjacent to an activating group) is 1. The third-order valence-corrected chi connectivity index (χ3v) is 5.71. The van der Waals surface area contributed by atoms with E-state index in [2.05, 4.69) is 42.3 Å². The third-order valence-electron chi connectivity index (χ3n) is 5.71. The molecule has 1 aromatic heterocycles. The van der Waals surface area contributed by atoms with E-state index in [-0.39, 0.29) is 0 Å². The summed E-state index contributed by atoms with van der Waals surface area (Å²) in [5.41, 5.74) is 7.90. The maximum Gasteiger partial charge on any atom is 0.137 e. The first-order valence-electron chi connectivity index (χ1n) is 8.84. The monoisotopic (exact) mass is 331 g/mol. The Balaban J connectivity index is 1.80. The van der Waals surface area contributed by atoms with Crippen LogP contribution >= 0.6 is 0 Å². The molecule has 2 aromatic carbocycles. The second-order valence-electron chi connectivity index (χ2n) is 6.99. The van der Waals surface area contributed by atoms with E-state index in [0.29, 0.717) is 6.04 Å². The lowest BCUT2D eigenvalue weighted by Gasteiger charge is -2.40. The smallest absolute Gasteiger partial charge is 0.137 e. The molecule has 0 saturated carbocycles. The standard InChI is InChI=1S/C22H21NO2/c1-23-11-10-14-5-3-6-17-20(14)18(23)13-15-8-9-16(19-7-4-12-25-19)22(24-2)21(15)17/h3-9,12,18H,10-11,13H2,1-2H3/t18-/m1/s1. The number of methoxy groups -OCH3 is 1. The predicted molar refractivity (Wildman–Crippen MR) is 98.9 cm³/mol. The molecular weight excluding hydrogens is 310 g/mol. The molecule has 3 nitrogen and oxygen atoms in total. The second-order valence-corrected chi connectivity index (χ2v) is 6.99. The van der Waals surface area contributed by atoms with Gasteiger partial charge in [-0.25, -0.2) is 0 Å². The van der Waals surface area contributed by atoms with Crippen molar-refractivity contribution in [1.29, 1.82) is 0 Å². The van der Waals surface area contributed by atoms with E-state index in [4.69, 9.17) is 9.15 Å². The summed E-state index contributed by atoms with van der Waals surface area (Å²) in [6.45, 7) is 1.12. The molecule has 3 aromatic rings. The number of ether oxygens (including phenoxy) is 1. The normalized spacial score (nSPS) is 18.6. The van der Waals surface area contributed by atoms with Crippen LogP contribution in [0.2, 0.25) is 0 Å². The molecule has 0 bridgehead atoms. The quantitative estimate of drug-likeness (QED) is 0.680. The minimum absolute atomic E-state index is 0.464. The van der Waals surface area contributed by atoms with Crippen LogP contribution in [0.4, 0.5) is 0 Å². The van der Waals surface area contributed by atoms with Crippen LogP contribution in [0.3, 0.4) is 0 Å². The number of nitrogens with zero attached hydrogens (tertiary/aromatic N) is 1. The van der Waals surface area contributed by atoms with Crippen molar-refractivity contribution in [3.05, 3.63) is 65.4 Å². The highest BCUT2D eigenvalue weighted by Crippen LogP contribution is 2.50. The van der Waals surface area contributed by atoms with Gasteiger partial charge < -0.3 is 9.15 Å². The third kappa shape index (κ3) is 2.09. The molecule has 3 heteroatoms. The van der Waals surface area contributed by atoms with Gasteiger partial charge in [0.25, 0.3) is 0 Å². The molecule has 0 N–H and O–H groups in total. The van der Waals surface area contributed by atoms with Crippen LogP contribution in [0.25, 0.3) is 22.5 Å². The van der Waals surface area contributed by atoms with Crippen LogP contribution in [-0.4, -0.2) is 25.6 Å². The Morgan fingerprint density at radius 3 is 2.76 bits per heavy atom. The molecule has 1 aliphatic carbocycles. The summed E-state index contributed by atoms with van der Waals surface area (Å²) >= 11 is 0. The van der Waals surface area contributed by atoms with Gasteiger partial charge in [0, 0.05) is 18.2 Å². The minimum atomic E-state index is 0.464. The summed E-state index contributed by atoms with van der Waals surface area (Å²) < 4.78 is 11.6. The van der Waals surface area contributed by atoms with Gasteiger partial charge in [-0.15, -0.1) is 0 Å². The van der Waals surface area contributed by atoms with Crippen molar-refractivity contribution in [3.63, 3.8) is 0 Å². The molecule has 2 aliphatic rings. The Kier molecular flexibility index (Phi) is 3.25. The number of benzene rings is 2. The molecule has 2 heterocycles. The topological polar surface area (TPSA) is 25.6 Å². The van der Waals surface area contributed by atoms with E-state index in [0.717, 1.165) is 36.5 Å². The minimum Gasteiger partial charge on any atom is -0.495 e. The number of rotatable bonds is 2. The summed E-state index contributed by atoms with van der Waals surface area (Å²) in [6, 6.07) is 15.5. The van der Waals surface area contributed by atoms with Gasteiger partial charge in [0.15, 0.2) is 0 Å². The van der Waals surface area contributed by atoms with E-state index in [1.807, 2.05) is 12.1 Å². The van der Waals surface area contributed by atoms with Crippen LogP contribution in [0.5, 0.6) is 5.75 Å². The Hall–Kier alpha value is -2.52. The summed E-state index contributed by atoms with van der Waals surface area (Å²) in [6.07, 6.45) is 3.86. The lowest BCUT2D eigenvalue weighted by Crippen LogP contribution is -2.35. The van der Waals surface area contributed by atoms with Gasteiger partial charge in [-0.1, -0.05) is 24.3 Å². The molecule has 0 amide bonds. The van der Waals surface area contributed by atoms with Gasteiger partial charge in [0.2, 0.25) is 0 Å². The molecule has 0 spiro atoms. The van der Waals surface area contributed by atoms with Crippen LogP contribution in [0, 0.1) is 0 Å². The van der Waals surface area contributed by atoms with Gasteiger partial charge in [-0.3, -0.25) is 4.90 Å². The highest BCUT2D eigenvalue weighted by atomic mass is 16.5. The lowest BCUT2D eigenvalue weighted by molar-refractivity contribution is 0.228. The fourth-order valence-electron chi connectivity index (χ4n) is 4.51. The number of fused-ring (bicyclic) bond motifs is 2. The predicted octanol–water partition coefficient (Wildman–Crippen LogP) is 4.71. The number of hydrogen-bond donors (Lipinski definition) is 0. The molecule has 1 atom stereocenters. The van der Waals surface area contributed by atoms with Crippen molar-refractivity contribution < 1.29 is 9.15 Å². The summed E-state index contributed by atoms with van der Waals surface area (Å²) in [5, 5.41) is 0. The molecule has 0 radical (unpaired) electrons. The Bertz CT molecular complexity index is 943. The zero-order chi connectivity index (χ0) is 17.0. The molecule has 0 unspecified atom stereocenters. The van der Waals surface area contributed by atoms with E-state index in [9.17, 15) is 0 Å². The second kappa shape index (κ2) is 5.50. The van der Waals surface area contributed by atoms with Gasteiger partial charge in [0.1, 0.15) is 11.5 Å². The van der Waals surface area contributed by atoms with Gasteiger partial charge in [-0.05, 0) is 60.3 Å². The summed E-state index contributed by atoms with van der Waals surface area (Å²) in [5.74, 6) is 1.77. The van der Waals surface area contributed by atoms with Crippen molar-refractivity contribution in [2.45, 2.75) is 18.9 Å². The van der Waals surface area contributed by atoms with Crippen molar-refractivity contribution in [2.24, 2.45) is 0 Å². The first kappa shape index (κ1) is 14.8. The molecule has 5 rings (SSSR count). The zero-order valence-electron chi connectivity index (χ0n) is 14.6. The van der Waals surface area contributed by atoms with Crippen molar-refractivity contribution in [3.8, 4) is 28.2 Å². The zero-order valence-corrected chi connectivity index (χ0v) is 14.6. The molecule has 0 saturated heterocycles. The van der Waals surface area contributed by atoms with Crippen LogP contribution < -0.4 is 4.74 Å². The molecular formula is C22H21NO2. The van der Waals surface area contributed by atoms with Gasteiger partial charge >= 0.3 is 0 Å². The highest BCUT2D eigenvalue weighted by molar-refractivity contribution is 5.86. The van der Waals surface area contributed by atoms with Crippen molar-refractivity contribution >= 4 is 0 Å². The van der Waals surface area contributed by atoms with Crippen molar-refractivity contribution in [2.75, 3.05) is 20.7 Å². The average molecular weight is 331 g/mol. The fraction of sp³-hybridized carbons (Fsp3) is 0.273. The largest absolute Gasteiger partial charge is 0.495 e. The Morgan fingerprint density at radius 1 is 1.04 bits per heavy atom. The van der Waals surface area contributed by atoms with E-state index in [1.54, 1.807) is 13.4 Å². The van der Waals surface area contributed by atoms with Crippen molar-refractivity contribution in [1.82, 2.24) is 4.90 Å². The van der Waals surface area contributed by atoms with E-state index < -0.39 is 0 Å². The Morgan fingerprint density at radius 2 is 1.96 bits per heavy atom. The summed E-state index contributed by atoms with van der Waals surface area (Å²) in [7, 11) is 4.00. The first-order valence-corrected chi connectivity index (χ1v) is 8.84. The van der Waals surface area contributed by atoms with Gasteiger partial charge in [-0.2, -0.15) is 0 Å². The van der Waals surface area contributed by atoms with Crippen LogP contribution in [-0.2, 0) is 12.8 Å². The number of furan rings is 1. The van der Waals surface area contributed by atoms with E-state index >= 15 is 0 Å². The van der Waals surface area contributed by atoms with Gasteiger partial charge in [0.05, 0.1) is 18.9 Å². The first-order chi connectivity index (χ1) is 12.3. The van der Waals surface area contributed by atoms with Crippen LogP contribution in [0.1, 0.15) is 22.7 Å². The number of hydrogen-bond acceptors (Lipinski definition) is 3. The highest BCUT2D eigenvalue weighted by Gasteiger charge is 2.34. The fourth-order valence-corrected chi connectivity index (χ4v) is 4.51. The molecule has 0 fully saturated rings. The maximum atomic E-state index is 5.90. The SMILES string of the molecule is COc1c(-c2ccco2)ccc2c1-c1cccc3c1[C@@H](C2)N(C)CC3. The molecule has 1 aliphatic heterocycles. The summed E-state index contributed by atoms with van der Waals surface area (Å²) in [4.78, 5) is 2.49. The Labute approximate surface area is 147 Å². The molecule has 126 valence electrons. The van der Waals surface area contributed by atoms with E-state index in [1.165, 1.54) is 27.8 Å². The van der Waals surface area contributed by atoms with Crippen LogP contribution in [0.15, 0.2) is 53.1 Å². The average Bonchev–Trinajstić information content (AvgIpc) is 3.18. The lowest BCUT2D eigenvalue weighted by atomic mass is 9.76.